The van der Waals surface area contributed by atoms with Crippen molar-refractivity contribution in [3.05, 3.63) is 53.6 Å². The van der Waals surface area contributed by atoms with Crippen molar-refractivity contribution in [1.29, 1.82) is 0 Å². The first kappa shape index (κ1) is 22.7. The molecular weight excluding hydrogens is 424 g/mol. The Labute approximate surface area is 191 Å². The Morgan fingerprint density at radius 1 is 1.18 bits per heavy atom. The number of carbonyl (C=O) groups excluding carboxylic acids is 3. The highest BCUT2D eigenvalue weighted by Gasteiger charge is 2.42. The van der Waals surface area contributed by atoms with Gasteiger partial charge in [-0.15, -0.1) is 0 Å². The highest BCUT2D eigenvalue weighted by Crippen LogP contribution is 2.38. The number of carbonyl (C=O) groups is 4. The van der Waals surface area contributed by atoms with Crippen molar-refractivity contribution in [3.8, 4) is 0 Å². The molecule has 0 radical (unpaired) electrons. The molecule has 9 nitrogen and oxygen atoms in total. The predicted octanol–water partition coefficient (Wildman–Crippen LogP) is 1.53. The van der Waals surface area contributed by atoms with Gasteiger partial charge in [0, 0.05) is 48.9 Å². The van der Waals surface area contributed by atoms with Crippen LogP contribution in [-0.4, -0.2) is 50.3 Å². The van der Waals surface area contributed by atoms with Gasteiger partial charge in [0.05, 0.1) is 11.8 Å². The van der Waals surface area contributed by atoms with Gasteiger partial charge >= 0.3 is 5.97 Å². The largest absolute Gasteiger partial charge is 0.481 e. The van der Waals surface area contributed by atoms with Crippen molar-refractivity contribution in [2.75, 3.05) is 0 Å². The van der Waals surface area contributed by atoms with Crippen LogP contribution in [-0.2, 0) is 27.3 Å². The SMILES string of the molecule is CC(C)C(NC(=O)c1ccncc1)C(=O)N[C@H]1CCc2ccn3c2C1C(=O)C[C@H](C(=O)O)C3. The quantitative estimate of drug-likeness (QED) is 0.609. The van der Waals surface area contributed by atoms with Gasteiger partial charge in [0.1, 0.15) is 11.8 Å². The number of aliphatic carboxylic acids is 1. The van der Waals surface area contributed by atoms with Crippen LogP contribution in [0.3, 0.4) is 0 Å². The van der Waals surface area contributed by atoms with E-state index in [1.54, 1.807) is 12.1 Å². The number of nitrogens with zero attached hydrogens (tertiary/aromatic N) is 2. The Hall–Kier alpha value is -3.49. The van der Waals surface area contributed by atoms with E-state index >= 15 is 0 Å². The lowest BCUT2D eigenvalue weighted by molar-refractivity contribution is -0.144. The maximum absolute atomic E-state index is 13.2. The molecule has 1 aliphatic heterocycles. The summed E-state index contributed by atoms with van der Waals surface area (Å²) in [6.07, 6.45) is 6.04. The Balaban J connectivity index is 1.54. The average Bonchev–Trinajstić information content (AvgIpc) is 3.12. The minimum Gasteiger partial charge on any atom is -0.481 e. The number of carboxylic acid groups (broad SMARTS) is 1. The van der Waals surface area contributed by atoms with E-state index in [1.807, 2.05) is 30.7 Å². The molecule has 4 atom stereocenters. The molecule has 2 aromatic heterocycles. The lowest BCUT2D eigenvalue weighted by Gasteiger charge is -2.33. The van der Waals surface area contributed by atoms with E-state index < -0.39 is 29.9 Å². The molecule has 2 amide bonds. The van der Waals surface area contributed by atoms with E-state index in [0.717, 1.165) is 11.3 Å². The van der Waals surface area contributed by atoms with Crippen LogP contribution in [0.1, 0.15) is 54.2 Å². The second-order valence-electron chi connectivity index (χ2n) is 9.15. The summed E-state index contributed by atoms with van der Waals surface area (Å²) in [5.74, 6) is -3.47. The van der Waals surface area contributed by atoms with Crippen LogP contribution in [0.2, 0.25) is 0 Å². The number of nitrogens with one attached hydrogen (secondary N) is 2. The molecule has 3 N–H and O–H groups in total. The van der Waals surface area contributed by atoms with Crippen molar-refractivity contribution in [2.45, 2.75) is 57.7 Å². The van der Waals surface area contributed by atoms with E-state index in [1.165, 1.54) is 12.4 Å². The second kappa shape index (κ2) is 9.17. The summed E-state index contributed by atoms with van der Waals surface area (Å²) in [6.45, 7) is 3.93. The second-order valence-corrected chi connectivity index (χ2v) is 9.15. The van der Waals surface area contributed by atoms with Crippen LogP contribution in [0, 0.1) is 11.8 Å². The van der Waals surface area contributed by atoms with Gasteiger partial charge in [-0.25, -0.2) is 0 Å². The number of pyridine rings is 1. The maximum Gasteiger partial charge on any atom is 0.308 e. The first-order valence-electron chi connectivity index (χ1n) is 11.2. The normalized spacial score (nSPS) is 22.8. The smallest absolute Gasteiger partial charge is 0.308 e. The van der Waals surface area contributed by atoms with Gasteiger partial charge in [-0.05, 0) is 42.5 Å². The summed E-state index contributed by atoms with van der Waals surface area (Å²) in [5, 5.41) is 15.3. The van der Waals surface area contributed by atoms with Gasteiger partial charge in [-0.1, -0.05) is 13.8 Å². The van der Waals surface area contributed by atoms with Crippen molar-refractivity contribution in [3.63, 3.8) is 0 Å². The first-order chi connectivity index (χ1) is 15.8. The van der Waals surface area contributed by atoms with Gasteiger partial charge in [0.15, 0.2) is 0 Å². The molecule has 0 bridgehead atoms. The molecule has 33 heavy (non-hydrogen) atoms. The summed E-state index contributed by atoms with van der Waals surface area (Å²) >= 11 is 0. The average molecular weight is 453 g/mol. The molecular formula is C24H28N4O5. The zero-order valence-electron chi connectivity index (χ0n) is 18.7. The zero-order valence-corrected chi connectivity index (χ0v) is 18.7. The zero-order chi connectivity index (χ0) is 23.7. The monoisotopic (exact) mass is 452 g/mol. The molecule has 2 aromatic rings. The number of ketones is 1. The third kappa shape index (κ3) is 4.53. The summed E-state index contributed by atoms with van der Waals surface area (Å²) in [7, 11) is 0. The van der Waals surface area contributed by atoms with Gasteiger partial charge in [0.25, 0.3) is 5.91 Å². The van der Waals surface area contributed by atoms with Crippen LogP contribution < -0.4 is 10.6 Å². The Bertz CT molecular complexity index is 1080. The molecule has 0 saturated heterocycles. The van der Waals surface area contributed by atoms with Gasteiger partial charge in [0.2, 0.25) is 5.91 Å². The number of amides is 2. The maximum atomic E-state index is 13.2. The molecule has 1 aliphatic carbocycles. The summed E-state index contributed by atoms with van der Waals surface area (Å²) in [6, 6.07) is 3.84. The number of hydrogen-bond acceptors (Lipinski definition) is 5. The number of carboxylic acids is 1. The van der Waals surface area contributed by atoms with E-state index in [2.05, 4.69) is 15.6 Å². The van der Waals surface area contributed by atoms with Gasteiger partial charge < -0.3 is 20.3 Å². The topological polar surface area (TPSA) is 130 Å². The molecule has 9 heteroatoms. The van der Waals surface area contributed by atoms with Crippen LogP contribution in [0.15, 0.2) is 36.8 Å². The number of hydrogen-bond donors (Lipinski definition) is 3. The van der Waals surface area contributed by atoms with E-state index in [4.69, 9.17) is 0 Å². The van der Waals surface area contributed by atoms with E-state index in [0.29, 0.717) is 18.4 Å². The molecule has 4 rings (SSSR count). The fourth-order valence-corrected chi connectivity index (χ4v) is 4.85. The Morgan fingerprint density at radius 3 is 2.58 bits per heavy atom. The molecule has 2 aliphatic rings. The third-order valence-corrected chi connectivity index (χ3v) is 6.58. The minimum atomic E-state index is -0.997. The van der Waals surface area contributed by atoms with E-state index in [9.17, 15) is 24.3 Å². The highest BCUT2D eigenvalue weighted by atomic mass is 16.4. The summed E-state index contributed by atoms with van der Waals surface area (Å²) < 4.78 is 1.85. The van der Waals surface area contributed by atoms with Crippen molar-refractivity contribution in [1.82, 2.24) is 20.2 Å². The molecule has 0 aromatic carbocycles. The molecule has 2 unspecified atom stereocenters. The standard InChI is InChI=1S/C24H28N4O5/c1-13(2)20(27-22(30)15-5-8-25-9-6-15)23(31)26-17-4-3-14-7-10-28-12-16(24(32)33)11-18(29)19(17)21(14)28/h5-10,13,16-17,19-20H,3-4,11-12H2,1-2H3,(H,26,31)(H,27,30)(H,32,33)/t16-,17-,19?,20?/m0/s1. The van der Waals surface area contributed by atoms with Crippen molar-refractivity contribution in [2.24, 2.45) is 11.8 Å². The number of aryl methyl sites for hydroxylation is 1. The lowest BCUT2D eigenvalue weighted by atomic mass is 9.79. The highest BCUT2D eigenvalue weighted by molar-refractivity contribution is 5.98. The van der Waals surface area contributed by atoms with E-state index in [-0.39, 0.29) is 36.5 Å². The van der Waals surface area contributed by atoms with Gasteiger partial charge in [-0.3, -0.25) is 24.2 Å². The number of Topliss-reactive ketones (excluding diaryl/α,β-unsaturated/α-hetero) is 1. The van der Waals surface area contributed by atoms with Crippen LogP contribution in [0.4, 0.5) is 0 Å². The molecule has 174 valence electrons. The van der Waals surface area contributed by atoms with Crippen LogP contribution in [0.5, 0.6) is 0 Å². The molecule has 3 heterocycles. The minimum absolute atomic E-state index is 0.0696. The summed E-state index contributed by atoms with van der Waals surface area (Å²) in [4.78, 5) is 54.6. The fraction of sp³-hybridized carbons (Fsp3) is 0.458. The Kier molecular flexibility index (Phi) is 6.31. The number of aromatic nitrogens is 2. The van der Waals surface area contributed by atoms with Gasteiger partial charge in [-0.2, -0.15) is 0 Å². The molecule has 0 spiro atoms. The third-order valence-electron chi connectivity index (χ3n) is 6.58. The first-order valence-corrected chi connectivity index (χ1v) is 11.2. The van der Waals surface area contributed by atoms with Crippen LogP contribution >= 0.6 is 0 Å². The molecule has 0 fully saturated rings. The van der Waals surface area contributed by atoms with Crippen LogP contribution in [0.25, 0.3) is 0 Å². The summed E-state index contributed by atoms with van der Waals surface area (Å²) in [5.41, 5.74) is 2.24. The molecule has 0 saturated carbocycles. The van der Waals surface area contributed by atoms with Crippen molar-refractivity contribution < 1.29 is 24.3 Å². The number of rotatable bonds is 6. The van der Waals surface area contributed by atoms with Crippen molar-refractivity contribution >= 4 is 23.6 Å². The predicted molar refractivity (Wildman–Crippen MR) is 119 cm³/mol. The fourth-order valence-electron chi connectivity index (χ4n) is 4.85. The Morgan fingerprint density at radius 2 is 1.91 bits per heavy atom. The lowest BCUT2D eigenvalue weighted by Crippen LogP contribution is -2.54.